The van der Waals surface area contributed by atoms with E-state index in [1.165, 1.54) is 0 Å². The maximum absolute atomic E-state index is 5.80. The number of aromatic nitrogens is 3. The molecule has 2 heterocycles. The summed E-state index contributed by atoms with van der Waals surface area (Å²) >= 11 is 0. The maximum atomic E-state index is 5.80. The van der Waals surface area contributed by atoms with Gasteiger partial charge in [0.2, 0.25) is 5.82 Å². The molecule has 4 rings (SSSR count). The van der Waals surface area contributed by atoms with E-state index in [1.54, 1.807) is 0 Å². The van der Waals surface area contributed by atoms with Gasteiger partial charge in [-0.25, -0.2) is 0 Å². The molecule has 4 aromatic rings. The van der Waals surface area contributed by atoms with E-state index < -0.39 is 0 Å². The Morgan fingerprint density at radius 3 is 2.82 bits per heavy atom. The van der Waals surface area contributed by atoms with Crippen LogP contribution in [0.1, 0.15) is 0 Å². The Labute approximate surface area is 127 Å². The van der Waals surface area contributed by atoms with Gasteiger partial charge in [0.15, 0.2) is 0 Å². The van der Waals surface area contributed by atoms with Crippen molar-refractivity contribution in [3.8, 4) is 22.8 Å². The van der Waals surface area contributed by atoms with Gasteiger partial charge in [-0.2, -0.15) is 4.98 Å². The minimum Gasteiger partial charge on any atom is -0.399 e. The van der Waals surface area contributed by atoms with E-state index in [2.05, 4.69) is 26.8 Å². The molecule has 2 aromatic heterocycles. The number of anilines is 1. The van der Waals surface area contributed by atoms with Crippen LogP contribution in [0.3, 0.4) is 0 Å². The van der Waals surface area contributed by atoms with Crippen molar-refractivity contribution in [2.24, 2.45) is 7.05 Å². The summed E-state index contributed by atoms with van der Waals surface area (Å²) in [6, 6.07) is 15.6. The molecule has 0 aliphatic rings. The molecular formula is C17H14N4O. The van der Waals surface area contributed by atoms with Gasteiger partial charge >= 0.3 is 0 Å². The lowest BCUT2D eigenvalue weighted by atomic mass is 10.1. The van der Waals surface area contributed by atoms with Crippen molar-refractivity contribution in [2.75, 3.05) is 5.73 Å². The summed E-state index contributed by atoms with van der Waals surface area (Å²) < 4.78 is 7.45. The van der Waals surface area contributed by atoms with Gasteiger partial charge in [-0.1, -0.05) is 29.4 Å². The molecule has 2 aromatic carbocycles. The molecule has 0 aliphatic heterocycles. The summed E-state index contributed by atoms with van der Waals surface area (Å²) in [5.74, 6) is 1.05. The predicted molar refractivity (Wildman–Crippen MR) is 86.1 cm³/mol. The number of nitrogens with two attached hydrogens (primary N) is 1. The fraction of sp³-hybridized carbons (Fsp3) is 0.0588. The second-order valence-electron chi connectivity index (χ2n) is 5.22. The Hall–Kier alpha value is -3.08. The van der Waals surface area contributed by atoms with Crippen LogP contribution in [0.15, 0.2) is 59.3 Å². The number of benzene rings is 2. The van der Waals surface area contributed by atoms with Gasteiger partial charge in [-0.05, 0) is 24.3 Å². The predicted octanol–water partition coefficient (Wildman–Crippen LogP) is 3.48. The topological polar surface area (TPSA) is 69.9 Å². The van der Waals surface area contributed by atoms with E-state index in [-0.39, 0.29) is 0 Å². The quantitative estimate of drug-likeness (QED) is 0.574. The van der Waals surface area contributed by atoms with E-state index >= 15 is 0 Å². The van der Waals surface area contributed by atoms with Crippen molar-refractivity contribution in [3.63, 3.8) is 0 Å². The second kappa shape index (κ2) is 4.73. The first-order valence-corrected chi connectivity index (χ1v) is 6.96. The number of nitrogens with zero attached hydrogens (tertiary/aromatic N) is 3. The van der Waals surface area contributed by atoms with Gasteiger partial charge in [0.05, 0.1) is 0 Å². The lowest BCUT2D eigenvalue weighted by molar-refractivity contribution is 0.432. The Balaban J connectivity index is 1.84. The minimum atomic E-state index is 0.468. The Bertz CT molecular complexity index is 968. The highest BCUT2D eigenvalue weighted by atomic mass is 16.5. The zero-order chi connectivity index (χ0) is 15.1. The highest BCUT2D eigenvalue weighted by molar-refractivity contribution is 5.94. The smallest absolute Gasteiger partial charge is 0.258 e. The van der Waals surface area contributed by atoms with Crippen LogP contribution in [0.2, 0.25) is 0 Å². The third-order valence-corrected chi connectivity index (χ3v) is 3.70. The van der Waals surface area contributed by atoms with Crippen LogP contribution in [0.25, 0.3) is 33.7 Å². The number of para-hydroxylation sites is 1. The molecule has 0 unspecified atom stereocenters. The van der Waals surface area contributed by atoms with E-state index in [4.69, 9.17) is 10.3 Å². The zero-order valence-electron chi connectivity index (χ0n) is 12.0. The molecule has 0 radical (unpaired) electrons. The van der Waals surface area contributed by atoms with E-state index in [9.17, 15) is 0 Å². The summed E-state index contributed by atoms with van der Waals surface area (Å²) in [5.41, 5.74) is 9.37. The molecule has 0 saturated carbocycles. The van der Waals surface area contributed by atoms with Crippen LogP contribution < -0.4 is 5.73 Å². The molecule has 108 valence electrons. The molecule has 0 fully saturated rings. The molecule has 5 heteroatoms. The van der Waals surface area contributed by atoms with E-state index in [0.717, 1.165) is 22.0 Å². The van der Waals surface area contributed by atoms with Crippen molar-refractivity contribution >= 4 is 16.6 Å². The van der Waals surface area contributed by atoms with Crippen molar-refractivity contribution in [1.29, 1.82) is 0 Å². The van der Waals surface area contributed by atoms with Gasteiger partial charge in [0, 0.05) is 41.0 Å². The van der Waals surface area contributed by atoms with Crippen LogP contribution >= 0.6 is 0 Å². The zero-order valence-corrected chi connectivity index (χ0v) is 12.0. The van der Waals surface area contributed by atoms with Crippen LogP contribution in [-0.4, -0.2) is 14.7 Å². The average Bonchev–Trinajstić information content (AvgIpc) is 3.13. The summed E-state index contributed by atoms with van der Waals surface area (Å²) in [7, 11) is 2.00. The Morgan fingerprint density at radius 1 is 1.09 bits per heavy atom. The first-order chi connectivity index (χ1) is 10.7. The van der Waals surface area contributed by atoms with Gasteiger partial charge in [0.1, 0.15) is 0 Å². The van der Waals surface area contributed by atoms with Gasteiger partial charge in [-0.15, -0.1) is 0 Å². The van der Waals surface area contributed by atoms with Crippen LogP contribution in [-0.2, 0) is 7.05 Å². The number of fused-ring (bicyclic) bond motifs is 1. The molecule has 0 spiro atoms. The average molecular weight is 290 g/mol. The van der Waals surface area contributed by atoms with E-state index in [1.807, 2.05) is 49.6 Å². The number of nitrogen functional groups attached to an aromatic ring is 1. The Kier molecular flexibility index (Phi) is 2.72. The van der Waals surface area contributed by atoms with Gasteiger partial charge in [0.25, 0.3) is 5.89 Å². The Morgan fingerprint density at radius 2 is 1.95 bits per heavy atom. The molecule has 0 bridgehead atoms. The maximum Gasteiger partial charge on any atom is 0.258 e. The summed E-state index contributed by atoms with van der Waals surface area (Å²) in [5, 5.41) is 5.22. The molecule has 0 atom stereocenters. The fourth-order valence-corrected chi connectivity index (χ4v) is 2.64. The summed E-state index contributed by atoms with van der Waals surface area (Å²) in [4.78, 5) is 4.51. The first-order valence-electron chi connectivity index (χ1n) is 6.96. The number of hydrogen-bond donors (Lipinski definition) is 1. The molecule has 0 amide bonds. The second-order valence-corrected chi connectivity index (χ2v) is 5.22. The minimum absolute atomic E-state index is 0.468. The molecule has 0 saturated heterocycles. The van der Waals surface area contributed by atoms with Crippen LogP contribution in [0, 0.1) is 0 Å². The van der Waals surface area contributed by atoms with Gasteiger partial charge < -0.3 is 14.8 Å². The first kappa shape index (κ1) is 12.6. The van der Waals surface area contributed by atoms with E-state index in [0.29, 0.717) is 17.4 Å². The molecule has 0 aliphatic carbocycles. The van der Waals surface area contributed by atoms with Crippen molar-refractivity contribution in [1.82, 2.24) is 14.7 Å². The largest absolute Gasteiger partial charge is 0.399 e. The van der Waals surface area contributed by atoms with Gasteiger partial charge in [-0.3, -0.25) is 0 Å². The van der Waals surface area contributed by atoms with Crippen LogP contribution in [0.5, 0.6) is 0 Å². The van der Waals surface area contributed by atoms with Crippen molar-refractivity contribution in [2.45, 2.75) is 0 Å². The highest BCUT2D eigenvalue weighted by Crippen LogP contribution is 2.30. The molecule has 22 heavy (non-hydrogen) atoms. The number of hydrogen-bond acceptors (Lipinski definition) is 4. The standard InChI is InChI=1S/C17H14N4O/c1-21-10-14(13-7-2-3-8-15(13)21)16-19-17(22-20-16)11-5-4-6-12(18)9-11/h2-10H,18H2,1H3. The third-order valence-electron chi connectivity index (χ3n) is 3.70. The molecular weight excluding hydrogens is 276 g/mol. The molecule has 2 N–H and O–H groups in total. The number of rotatable bonds is 2. The lowest BCUT2D eigenvalue weighted by Crippen LogP contribution is -1.85. The normalized spacial score (nSPS) is 11.1. The SMILES string of the molecule is Cn1cc(-c2noc(-c3cccc(N)c3)n2)c2ccccc21. The summed E-state index contributed by atoms with van der Waals surface area (Å²) in [6.07, 6.45) is 2.01. The third kappa shape index (κ3) is 1.95. The monoisotopic (exact) mass is 290 g/mol. The molecule has 5 nitrogen and oxygen atoms in total. The van der Waals surface area contributed by atoms with Crippen LogP contribution in [0.4, 0.5) is 5.69 Å². The fourth-order valence-electron chi connectivity index (χ4n) is 2.64. The lowest BCUT2D eigenvalue weighted by Gasteiger charge is -1.95. The summed E-state index contributed by atoms with van der Waals surface area (Å²) in [6.45, 7) is 0. The highest BCUT2D eigenvalue weighted by Gasteiger charge is 2.15. The number of aryl methyl sites for hydroxylation is 1. The van der Waals surface area contributed by atoms with Crippen molar-refractivity contribution < 1.29 is 4.52 Å². The van der Waals surface area contributed by atoms with Crippen molar-refractivity contribution in [3.05, 3.63) is 54.7 Å².